The van der Waals surface area contributed by atoms with Crippen LogP contribution in [-0.4, -0.2) is 4.57 Å². The highest BCUT2D eigenvalue weighted by atomic mass is 15.0. The van der Waals surface area contributed by atoms with E-state index in [0.29, 0.717) is 12.0 Å². The fraction of sp³-hybridized carbons (Fsp3) is 0.207. The zero-order valence-corrected chi connectivity index (χ0v) is 18.7. The zero-order chi connectivity index (χ0) is 21.5. The van der Waals surface area contributed by atoms with Crippen LogP contribution < -0.4 is 4.57 Å². The molecule has 2 heterocycles. The van der Waals surface area contributed by atoms with E-state index in [1.54, 1.807) is 0 Å². The van der Waals surface area contributed by atoms with E-state index in [4.69, 9.17) is 0 Å². The number of aromatic nitrogens is 2. The van der Waals surface area contributed by atoms with Gasteiger partial charge in [0.1, 0.15) is 0 Å². The van der Waals surface area contributed by atoms with Gasteiger partial charge in [-0.15, -0.1) is 0 Å². The van der Waals surface area contributed by atoms with Gasteiger partial charge in [-0.3, -0.25) is 0 Å². The Kier molecular flexibility index (Phi) is 4.86. The molecule has 0 saturated carbocycles. The highest BCUT2D eigenvalue weighted by molar-refractivity contribution is 6.12. The van der Waals surface area contributed by atoms with Gasteiger partial charge in [-0.05, 0) is 61.7 Å². The fourth-order valence-corrected chi connectivity index (χ4v) is 4.90. The Bertz CT molecular complexity index is 1370. The maximum atomic E-state index is 2.40. The van der Waals surface area contributed by atoms with Crippen molar-refractivity contribution in [3.8, 4) is 16.9 Å². The summed E-state index contributed by atoms with van der Waals surface area (Å²) in [5.41, 5.74) is 7.75. The third-order valence-corrected chi connectivity index (χ3v) is 6.19. The molecule has 0 unspecified atom stereocenters. The summed E-state index contributed by atoms with van der Waals surface area (Å²) < 4.78 is 4.78. The predicted molar refractivity (Wildman–Crippen MR) is 131 cm³/mol. The number of hydrogen-bond acceptors (Lipinski definition) is 0. The lowest BCUT2D eigenvalue weighted by Crippen LogP contribution is -2.38. The minimum absolute atomic E-state index is 0.398. The first-order valence-electron chi connectivity index (χ1n) is 11.2. The van der Waals surface area contributed by atoms with Gasteiger partial charge in [0.25, 0.3) is 0 Å². The predicted octanol–water partition coefficient (Wildman–Crippen LogP) is 7.44. The van der Waals surface area contributed by atoms with Crippen molar-refractivity contribution in [1.29, 1.82) is 0 Å². The van der Waals surface area contributed by atoms with Crippen LogP contribution in [0.1, 0.15) is 45.2 Å². The van der Waals surface area contributed by atoms with Gasteiger partial charge in [-0.25, -0.2) is 0 Å². The largest absolute Gasteiger partial charge is 0.309 e. The molecule has 5 rings (SSSR count). The SMILES string of the molecule is CC(C)c1c(-c2cccc[n+]2C(C)C)ccc2c1c1ccccc1n2-c1ccccc1. The summed E-state index contributed by atoms with van der Waals surface area (Å²) in [4.78, 5) is 0. The fourth-order valence-electron chi connectivity index (χ4n) is 4.90. The third-order valence-electron chi connectivity index (χ3n) is 6.19. The van der Waals surface area contributed by atoms with Gasteiger partial charge < -0.3 is 4.57 Å². The highest BCUT2D eigenvalue weighted by Crippen LogP contribution is 2.41. The zero-order valence-electron chi connectivity index (χ0n) is 18.7. The molecule has 0 fully saturated rings. The topological polar surface area (TPSA) is 8.81 Å². The van der Waals surface area contributed by atoms with Crippen LogP contribution in [0.3, 0.4) is 0 Å². The smallest absolute Gasteiger partial charge is 0.212 e. The van der Waals surface area contributed by atoms with Gasteiger partial charge >= 0.3 is 0 Å². The van der Waals surface area contributed by atoms with Gasteiger partial charge in [0.05, 0.1) is 16.6 Å². The maximum Gasteiger partial charge on any atom is 0.212 e. The first-order valence-corrected chi connectivity index (χ1v) is 11.2. The first kappa shape index (κ1) is 19.6. The molecule has 0 atom stereocenters. The van der Waals surface area contributed by atoms with E-state index >= 15 is 0 Å². The summed E-state index contributed by atoms with van der Waals surface area (Å²) >= 11 is 0. The van der Waals surface area contributed by atoms with Crippen LogP contribution in [0.5, 0.6) is 0 Å². The Balaban J connectivity index is 1.94. The van der Waals surface area contributed by atoms with Gasteiger partial charge in [-0.1, -0.05) is 50.2 Å². The summed E-state index contributed by atoms with van der Waals surface area (Å²) in [7, 11) is 0. The second-order valence-electron chi connectivity index (χ2n) is 8.85. The molecule has 154 valence electrons. The summed E-state index contributed by atoms with van der Waals surface area (Å²) in [6.07, 6.45) is 2.20. The number of fused-ring (bicyclic) bond motifs is 3. The Labute approximate surface area is 184 Å². The average Bonchev–Trinajstić information content (AvgIpc) is 3.13. The van der Waals surface area contributed by atoms with Crippen molar-refractivity contribution in [3.63, 3.8) is 0 Å². The van der Waals surface area contributed by atoms with Crippen LogP contribution in [0.25, 0.3) is 38.8 Å². The van der Waals surface area contributed by atoms with Crippen LogP contribution in [0.2, 0.25) is 0 Å². The molecule has 2 nitrogen and oxygen atoms in total. The third kappa shape index (κ3) is 3.14. The lowest BCUT2D eigenvalue weighted by atomic mass is 9.90. The van der Waals surface area contributed by atoms with E-state index < -0.39 is 0 Å². The molecule has 0 aliphatic heterocycles. The molecule has 31 heavy (non-hydrogen) atoms. The number of rotatable bonds is 4. The Morgan fingerprint density at radius 3 is 2.13 bits per heavy atom. The molecular weight excluding hydrogens is 376 g/mol. The molecule has 0 saturated heterocycles. The van der Waals surface area contributed by atoms with Crippen LogP contribution in [0.15, 0.2) is 91.1 Å². The lowest BCUT2D eigenvalue weighted by molar-refractivity contribution is -0.705. The van der Waals surface area contributed by atoms with Crippen LogP contribution in [0, 0.1) is 0 Å². The van der Waals surface area contributed by atoms with E-state index in [0.717, 1.165) is 0 Å². The van der Waals surface area contributed by atoms with Crippen molar-refractivity contribution in [2.24, 2.45) is 0 Å². The lowest BCUT2D eigenvalue weighted by Gasteiger charge is -2.16. The molecule has 5 aromatic rings. The van der Waals surface area contributed by atoms with Gasteiger partial charge in [0.15, 0.2) is 12.2 Å². The number of nitrogens with zero attached hydrogens (tertiary/aromatic N) is 2. The van der Waals surface area contributed by atoms with Crippen molar-refractivity contribution < 1.29 is 4.57 Å². The second kappa shape index (κ2) is 7.70. The number of pyridine rings is 1. The molecule has 0 aliphatic carbocycles. The molecule has 0 N–H and O–H groups in total. The van der Waals surface area contributed by atoms with Crippen LogP contribution in [-0.2, 0) is 0 Å². The van der Waals surface area contributed by atoms with Gasteiger partial charge in [0, 0.05) is 28.6 Å². The Morgan fingerprint density at radius 1 is 0.677 bits per heavy atom. The van der Waals surface area contributed by atoms with Crippen molar-refractivity contribution in [1.82, 2.24) is 4.57 Å². The highest BCUT2D eigenvalue weighted by Gasteiger charge is 2.24. The van der Waals surface area contributed by atoms with Crippen molar-refractivity contribution >= 4 is 21.8 Å². The van der Waals surface area contributed by atoms with Crippen molar-refractivity contribution in [2.75, 3.05) is 0 Å². The molecule has 0 radical (unpaired) electrons. The Hall–Kier alpha value is -3.39. The molecular formula is C29H29N2+. The summed E-state index contributed by atoms with van der Waals surface area (Å²) in [5.74, 6) is 0.398. The van der Waals surface area contributed by atoms with Crippen LogP contribution in [0.4, 0.5) is 0 Å². The van der Waals surface area contributed by atoms with E-state index in [-0.39, 0.29) is 0 Å². The average molecular weight is 406 g/mol. The molecule has 3 aromatic carbocycles. The number of para-hydroxylation sites is 2. The monoisotopic (exact) mass is 405 g/mol. The van der Waals surface area contributed by atoms with Crippen LogP contribution >= 0.6 is 0 Å². The normalized spacial score (nSPS) is 11.8. The summed E-state index contributed by atoms with van der Waals surface area (Å²) in [5, 5.41) is 2.69. The van der Waals surface area contributed by atoms with Crippen molar-refractivity contribution in [2.45, 2.75) is 39.7 Å². The quantitative estimate of drug-likeness (QED) is 0.275. The van der Waals surface area contributed by atoms with E-state index in [1.807, 2.05) is 0 Å². The minimum Gasteiger partial charge on any atom is -0.309 e. The summed E-state index contributed by atoms with van der Waals surface area (Å²) in [6.45, 7) is 9.13. The van der Waals surface area contributed by atoms with Gasteiger partial charge in [0.2, 0.25) is 5.69 Å². The van der Waals surface area contributed by atoms with Gasteiger partial charge in [-0.2, -0.15) is 4.57 Å². The molecule has 0 amide bonds. The number of benzene rings is 3. The van der Waals surface area contributed by atoms with E-state index in [2.05, 4.69) is 128 Å². The first-order chi connectivity index (χ1) is 15.1. The molecule has 0 aliphatic rings. The molecule has 2 aromatic heterocycles. The van der Waals surface area contributed by atoms with E-state index in [9.17, 15) is 0 Å². The molecule has 2 heteroatoms. The molecule has 0 bridgehead atoms. The number of hydrogen-bond donors (Lipinski definition) is 0. The van der Waals surface area contributed by atoms with Crippen molar-refractivity contribution in [3.05, 3.63) is 96.7 Å². The Morgan fingerprint density at radius 2 is 1.39 bits per heavy atom. The van der Waals surface area contributed by atoms with E-state index in [1.165, 1.54) is 44.3 Å². The minimum atomic E-state index is 0.398. The standard InChI is InChI=1S/C29H29N2/c1-20(2)28-24(25-15-10-11-19-30(25)21(3)4)17-18-27-29(28)23-14-8-9-16-26(23)31(27)22-12-6-5-7-13-22/h5-21H,1-4H3/q+1. The molecule has 0 spiro atoms. The summed E-state index contributed by atoms with van der Waals surface area (Å²) in [6, 6.07) is 31.1. The second-order valence-corrected chi connectivity index (χ2v) is 8.85. The maximum absolute atomic E-state index is 2.40.